The van der Waals surface area contributed by atoms with Crippen molar-refractivity contribution in [2.45, 2.75) is 12.7 Å². The Morgan fingerprint density at radius 1 is 1.26 bits per heavy atom. The fourth-order valence-electron chi connectivity index (χ4n) is 1.85. The van der Waals surface area contributed by atoms with Crippen LogP contribution < -0.4 is 10.6 Å². The Hall–Kier alpha value is -2.55. The highest BCUT2D eigenvalue weighted by molar-refractivity contribution is 5.99. The summed E-state index contributed by atoms with van der Waals surface area (Å²) in [5, 5.41) is 8.59. The van der Waals surface area contributed by atoms with Gasteiger partial charge < -0.3 is 10.1 Å². The van der Waals surface area contributed by atoms with Crippen LogP contribution >= 0.6 is 0 Å². The number of urea groups is 1. The molecule has 9 heteroatoms. The Morgan fingerprint density at radius 2 is 2.00 bits per heavy atom. The first-order chi connectivity index (χ1) is 10.9. The zero-order valence-corrected chi connectivity index (χ0v) is 12.2. The number of hydrogen-bond donors (Lipinski definition) is 2. The molecule has 0 saturated heterocycles. The van der Waals surface area contributed by atoms with Crippen LogP contribution in [0.2, 0.25) is 0 Å². The second-order valence-electron chi connectivity index (χ2n) is 4.58. The third-order valence-electron chi connectivity index (χ3n) is 2.89. The van der Waals surface area contributed by atoms with Gasteiger partial charge in [0.1, 0.15) is 0 Å². The Morgan fingerprint density at radius 3 is 2.70 bits per heavy atom. The summed E-state index contributed by atoms with van der Waals surface area (Å²) in [6, 6.07) is 5.46. The maximum Gasteiger partial charge on any atom is 0.418 e. The van der Waals surface area contributed by atoms with E-state index < -0.39 is 17.8 Å². The van der Waals surface area contributed by atoms with Crippen molar-refractivity contribution in [3.63, 3.8) is 0 Å². The standard InChI is InChI=1S/C14H15F3N4O2/c1-23-9-8-21-7-6-12(20-21)19-13(22)18-11-5-3-2-4-10(11)14(15,16)17/h2-7H,8-9H2,1H3,(H2,18,19,20,22). The van der Waals surface area contributed by atoms with Gasteiger partial charge in [-0.3, -0.25) is 10.00 Å². The number of hydrogen-bond acceptors (Lipinski definition) is 3. The Bertz CT molecular complexity index is 670. The minimum atomic E-state index is -4.55. The summed E-state index contributed by atoms with van der Waals surface area (Å²) in [5.74, 6) is 0.225. The highest BCUT2D eigenvalue weighted by Crippen LogP contribution is 2.34. The second kappa shape index (κ2) is 7.14. The molecule has 2 rings (SSSR count). The molecular formula is C14H15F3N4O2. The molecule has 1 aromatic heterocycles. The van der Waals surface area contributed by atoms with Crippen molar-refractivity contribution in [3.8, 4) is 0 Å². The van der Waals surface area contributed by atoms with E-state index in [0.717, 1.165) is 6.07 Å². The molecule has 1 heterocycles. The highest BCUT2D eigenvalue weighted by atomic mass is 19.4. The number of carbonyl (C=O) groups excluding carboxylic acids is 1. The maximum atomic E-state index is 12.8. The first kappa shape index (κ1) is 16.8. The van der Waals surface area contributed by atoms with Crippen molar-refractivity contribution >= 4 is 17.5 Å². The van der Waals surface area contributed by atoms with Gasteiger partial charge in [0.05, 0.1) is 24.4 Å². The third kappa shape index (κ3) is 4.71. The molecule has 0 atom stereocenters. The van der Waals surface area contributed by atoms with Gasteiger partial charge in [0, 0.05) is 19.4 Å². The number of halogens is 3. The van der Waals surface area contributed by atoms with E-state index >= 15 is 0 Å². The first-order valence-electron chi connectivity index (χ1n) is 6.67. The van der Waals surface area contributed by atoms with Gasteiger partial charge in [0.15, 0.2) is 5.82 Å². The van der Waals surface area contributed by atoms with Crippen molar-refractivity contribution in [1.82, 2.24) is 9.78 Å². The molecule has 0 saturated carbocycles. The first-order valence-corrected chi connectivity index (χ1v) is 6.67. The molecule has 0 aliphatic rings. The number of amides is 2. The van der Waals surface area contributed by atoms with E-state index in [0.29, 0.717) is 13.2 Å². The lowest BCUT2D eigenvalue weighted by Crippen LogP contribution is -2.22. The molecule has 0 fully saturated rings. The number of ether oxygens (including phenoxy) is 1. The predicted octanol–water partition coefficient (Wildman–Crippen LogP) is 3.19. The molecule has 0 aliphatic heterocycles. The number of alkyl halides is 3. The van der Waals surface area contributed by atoms with Gasteiger partial charge in [-0.05, 0) is 12.1 Å². The fourth-order valence-corrected chi connectivity index (χ4v) is 1.85. The van der Waals surface area contributed by atoms with E-state index in [1.54, 1.807) is 18.0 Å². The lowest BCUT2D eigenvalue weighted by atomic mass is 10.1. The lowest BCUT2D eigenvalue weighted by molar-refractivity contribution is -0.136. The quantitative estimate of drug-likeness (QED) is 0.886. The van der Waals surface area contributed by atoms with Crippen LogP contribution in [-0.4, -0.2) is 29.5 Å². The summed E-state index contributed by atoms with van der Waals surface area (Å²) in [4.78, 5) is 11.8. The van der Waals surface area contributed by atoms with Crippen LogP contribution in [0.3, 0.4) is 0 Å². The molecule has 2 amide bonds. The number of nitrogens with one attached hydrogen (secondary N) is 2. The van der Waals surface area contributed by atoms with E-state index in [9.17, 15) is 18.0 Å². The zero-order valence-electron chi connectivity index (χ0n) is 12.2. The molecule has 6 nitrogen and oxygen atoms in total. The van der Waals surface area contributed by atoms with E-state index in [1.165, 1.54) is 24.3 Å². The second-order valence-corrected chi connectivity index (χ2v) is 4.58. The number of benzene rings is 1. The van der Waals surface area contributed by atoms with E-state index in [2.05, 4.69) is 15.7 Å². The number of nitrogens with zero attached hydrogens (tertiary/aromatic N) is 2. The molecule has 1 aromatic carbocycles. The summed E-state index contributed by atoms with van der Waals surface area (Å²) in [6.45, 7) is 0.947. The Labute approximate surface area is 130 Å². The van der Waals surface area contributed by atoms with Crippen LogP contribution in [0, 0.1) is 0 Å². The number of para-hydroxylation sites is 1. The number of carbonyl (C=O) groups is 1. The summed E-state index contributed by atoms with van der Waals surface area (Å²) in [6.07, 6.45) is -2.93. The van der Waals surface area contributed by atoms with Crippen molar-refractivity contribution in [2.24, 2.45) is 0 Å². The SMILES string of the molecule is COCCn1ccc(NC(=O)Nc2ccccc2C(F)(F)F)n1. The average Bonchev–Trinajstić information content (AvgIpc) is 2.91. The van der Waals surface area contributed by atoms with Crippen LogP contribution in [0.4, 0.5) is 29.5 Å². The van der Waals surface area contributed by atoms with Gasteiger partial charge in [0.25, 0.3) is 0 Å². The molecule has 0 aliphatic carbocycles. The maximum absolute atomic E-state index is 12.8. The van der Waals surface area contributed by atoms with Crippen molar-refractivity contribution in [3.05, 3.63) is 42.1 Å². The summed E-state index contributed by atoms with van der Waals surface area (Å²) < 4.78 is 45.0. The van der Waals surface area contributed by atoms with Gasteiger partial charge in [0.2, 0.25) is 0 Å². The van der Waals surface area contributed by atoms with Crippen LogP contribution in [0.5, 0.6) is 0 Å². The van der Waals surface area contributed by atoms with Gasteiger partial charge in [-0.1, -0.05) is 12.1 Å². The normalized spacial score (nSPS) is 11.3. The number of aromatic nitrogens is 2. The molecule has 2 N–H and O–H groups in total. The topological polar surface area (TPSA) is 68.2 Å². The molecule has 0 bridgehead atoms. The van der Waals surface area contributed by atoms with Crippen LogP contribution in [0.1, 0.15) is 5.56 Å². The van der Waals surface area contributed by atoms with Crippen molar-refractivity contribution in [1.29, 1.82) is 0 Å². The van der Waals surface area contributed by atoms with E-state index in [1.807, 2.05) is 0 Å². The number of rotatable bonds is 5. The fraction of sp³-hybridized carbons (Fsp3) is 0.286. The third-order valence-corrected chi connectivity index (χ3v) is 2.89. The average molecular weight is 328 g/mol. The Balaban J connectivity index is 2.02. The molecule has 124 valence electrons. The van der Waals surface area contributed by atoms with Crippen LogP contribution in [-0.2, 0) is 17.5 Å². The van der Waals surface area contributed by atoms with Crippen LogP contribution in [0.15, 0.2) is 36.5 Å². The molecular weight excluding hydrogens is 313 g/mol. The smallest absolute Gasteiger partial charge is 0.383 e. The summed E-state index contributed by atoms with van der Waals surface area (Å²) >= 11 is 0. The minimum absolute atomic E-state index is 0.225. The van der Waals surface area contributed by atoms with Crippen LogP contribution in [0.25, 0.3) is 0 Å². The van der Waals surface area contributed by atoms with E-state index in [4.69, 9.17) is 4.74 Å². The van der Waals surface area contributed by atoms with Gasteiger partial charge in [-0.25, -0.2) is 4.79 Å². The van der Waals surface area contributed by atoms with Gasteiger partial charge in [-0.2, -0.15) is 18.3 Å². The molecule has 23 heavy (non-hydrogen) atoms. The Kier molecular flexibility index (Phi) is 5.22. The van der Waals surface area contributed by atoms with E-state index in [-0.39, 0.29) is 11.5 Å². The highest BCUT2D eigenvalue weighted by Gasteiger charge is 2.33. The van der Waals surface area contributed by atoms with Gasteiger partial charge in [-0.15, -0.1) is 0 Å². The zero-order chi connectivity index (χ0) is 16.9. The van der Waals surface area contributed by atoms with Gasteiger partial charge >= 0.3 is 12.2 Å². The summed E-state index contributed by atoms with van der Waals surface area (Å²) in [7, 11) is 1.55. The molecule has 0 radical (unpaired) electrons. The lowest BCUT2D eigenvalue weighted by Gasteiger charge is -2.13. The molecule has 2 aromatic rings. The monoisotopic (exact) mass is 328 g/mol. The molecule has 0 spiro atoms. The van der Waals surface area contributed by atoms with Crippen molar-refractivity contribution in [2.75, 3.05) is 24.4 Å². The predicted molar refractivity (Wildman–Crippen MR) is 78.2 cm³/mol. The molecule has 0 unspecified atom stereocenters. The number of methoxy groups -OCH3 is 1. The van der Waals surface area contributed by atoms with Crippen molar-refractivity contribution < 1.29 is 22.7 Å². The summed E-state index contributed by atoms with van der Waals surface area (Å²) in [5.41, 5.74) is -1.24. The minimum Gasteiger partial charge on any atom is -0.383 e. The largest absolute Gasteiger partial charge is 0.418 e. The number of anilines is 2.